The van der Waals surface area contributed by atoms with E-state index in [1.54, 1.807) is 18.5 Å². The lowest BCUT2D eigenvalue weighted by atomic mass is 9.97. The summed E-state index contributed by atoms with van der Waals surface area (Å²) >= 11 is 0. The van der Waals surface area contributed by atoms with Crippen LogP contribution in [0, 0.1) is 5.92 Å². The van der Waals surface area contributed by atoms with E-state index in [9.17, 15) is 4.79 Å². The first kappa shape index (κ1) is 15.7. The van der Waals surface area contributed by atoms with Gasteiger partial charge in [0.1, 0.15) is 0 Å². The Labute approximate surface area is 137 Å². The van der Waals surface area contributed by atoms with Gasteiger partial charge in [0.05, 0.1) is 12.2 Å². The molecule has 1 fully saturated rings. The van der Waals surface area contributed by atoms with Gasteiger partial charge in [-0.2, -0.15) is 0 Å². The van der Waals surface area contributed by atoms with E-state index in [1.807, 2.05) is 29.2 Å². The van der Waals surface area contributed by atoms with Crippen LogP contribution >= 0.6 is 0 Å². The normalized spacial score (nSPS) is 15.6. The van der Waals surface area contributed by atoms with Crippen LogP contribution in [0.25, 0.3) is 0 Å². The molecule has 0 unspecified atom stereocenters. The Kier molecular flexibility index (Phi) is 5.37. The fraction of sp³-hybridized carbons (Fsp3) is 0.368. The number of ether oxygens (including phenoxy) is 1. The van der Waals surface area contributed by atoms with E-state index in [0.29, 0.717) is 18.1 Å². The summed E-state index contributed by atoms with van der Waals surface area (Å²) < 4.78 is 5.83. The van der Waals surface area contributed by atoms with Crippen molar-refractivity contribution in [2.24, 2.45) is 5.92 Å². The smallest absolute Gasteiger partial charge is 0.255 e. The van der Waals surface area contributed by atoms with Crippen molar-refractivity contribution in [2.75, 3.05) is 19.7 Å². The SMILES string of the molecule is O=C(c1cccnc1)N1CCC(COCc2ccccc2)CC1. The Morgan fingerprint density at radius 2 is 1.91 bits per heavy atom. The molecule has 1 aromatic heterocycles. The van der Waals surface area contributed by atoms with Crippen molar-refractivity contribution >= 4 is 5.91 Å². The third kappa shape index (κ3) is 4.39. The Morgan fingerprint density at radius 1 is 1.13 bits per heavy atom. The van der Waals surface area contributed by atoms with Gasteiger partial charge >= 0.3 is 0 Å². The molecule has 2 aromatic rings. The van der Waals surface area contributed by atoms with Gasteiger partial charge in [-0.25, -0.2) is 0 Å². The lowest BCUT2D eigenvalue weighted by Crippen LogP contribution is -2.39. The van der Waals surface area contributed by atoms with E-state index in [4.69, 9.17) is 4.74 Å². The number of hydrogen-bond donors (Lipinski definition) is 0. The highest BCUT2D eigenvalue weighted by molar-refractivity contribution is 5.93. The van der Waals surface area contributed by atoms with Crippen LogP contribution < -0.4 is 0 Å². The number of likely N-dealkylation sites (tertiary alicyclic amines) is 1. The molecule has 2 heterocycles. The third-order valence-corrected chi connectivity index (χ3v) is 4.28. The van der Waals surface area contributed by atoms with E-state index in [0.717, 1.165) is 32.5 Å². The van der Waals surface area contributed by atoms with Gasteiger partial charge in [0.15, 0.2) is 0 Å². The molecule has 0 aliphatic carbocycles. The predicted molar refractivity (Wildman–Crippen MR) is 89.0 cm³/mol. The Bertz CT molecular complexity index is 608. The van der Waals surface area contributed by atoms with Crippen molar-refractivity contribution in [2.45, 2.75) is 19.4 Å². The molecule has 0 spiro atoms. The first-order valence-corrected chi connectivity index (χ1v) is 8.14. The summed E-state index contributed by atoms with van der Waals surface area (Å²) in [5, 5.41) is 0. The van der Waals surface area contributed by atoms with Gasteiger partial charge in [-0.3, -0.25) is 9.78 Å². The number of carbonyl (C=O) groups excluding carboxylic acids is 1. The largest absolute Gasteiger partial charge is 0.376 e. The van der Waals surface area contributed by atoms with Gasteiger partial charge in [0.2, 0.25) is 0 Å². The monoisotopic (exact) mass is 310 g/mol. The molecular formula is C19H22N2O2. The molecule has 4 nitrogen and oxygen atoms in total. The van der Waals surface area contributed by atoms with Crippen LogP contribution in [-0.2, 0) is 11.3 Å². The molecule has 1 saturated heterocycles. The first-order valence-electron chi connectivity index (χ1n) is 8.14. The van der Waals surface area contributed by atoms with Gasteiger partial charge in [0.25, 0.3) is 5.91 Å². The summed E-state index contributed by atoms with van der Waals surface area (Å²) in [4.78, 5) is 18.3. The summed E-state index contributed by atoms with van der Waals surface area (Å²) in [5.74, 6) is 0.624. The number of aromatic nitrogens is 1. The Hall–Kier alpha value is -2.20. The minimum absolute atomic E-state index is 0.0850. The third-order valence-electron chi connectivity index (χ3n) is 4.28. The maximum Gasteiger partial charge on any atom is 0.255 e. The van der Waals surface area contributed by atoms with Crippen molar-refractivity contribution in [1.82, 2.24) is 9.88 Å². The summed E-state index contributed by atoms with van der Waals surface area (Å²) in [6.07, 6.45) is 5.33. The molecule has 0 atom stereocenters. The maximum atomic E-state index is 12.4. The Morgan fingerprint density at radius 3 is 2.61 bits per heavy atom. The average Bonchev–Trinajstić information content (AvgIpc) is 2.63. The summed E-state index contributed by atoms with van der Waals surface area (Å²) in [6, 6.07) is 13.9. The number of nitrogens with zero attached hydrogens (tertiary/aromatic N) is 2. The van der Waals surface area contributed by atoms with E-state index < -0.39 is 0 Å². The second-order valence-electron chi connectivity index (χ2n) is 5.98. The van der Waals surface area contributed by atoms with Crippen LogP contribution in [0.1, 0.15) is 28.8 Å². The molecule has 23 heavy (non-hydrogen) atoms. The average molecular weight is 310 g/mol. The zero-order valence-corrected chi connectivity index (χ0v) is 13.2. The molecule has 0 N–H and O–H groups in total. The second kappa shape index (κ2) is 7.88. The van der Waals surface area contributed by atoms with Gasteiger partial charge in [0, 0.05) is 32.1 Å². The van der Waals surface area contributed by atoms with Crippen molar-refractivity contribution in [1.29, 1.82) is 0 Å². The number of pyridine rings is 1. The van der Waals surface area contributed by atoms with Crippen molar-refractivity contribution in [3.63, 3.8) is 0 Å². The highest BCUT2D eigenvalue weighted by Crippen LogP contribution is 2.19. The fourth-order valence-corrected chi connectivity index (χ4v) is 2.89. The molecule has 1 aromatic carbocycles. The van der Waals surface area contributed by atoms with Crippen molar-refractivity contribution in [3.8, 4) is 0 Å². The lowest BCUT2D eigenvalue weighted by molar-refractivity contribution is 0.0478. The van der Waals surface area contributed by atoms with Gasteiger partial charge < -0.3 is 9.64 Å². The quantitative estimate of drug-likeness (QED) is 0.852. The Balaban J connectivity index is 1.41. The van der Waals surface area contributed by atoms with E-state index in [2.05, 4.69) is 17.1 Å². The van der Waals surface area contributed by atoms with Crippen LogP contribution in [0.2, 0.25) is 0 Å². The number of hydrogen-bond acceptors (Lipinski definition) is 3. The lowest BCUT2D eigenvalue weighted by Gasteiger charge is -2.31. The standard InChI is InChI=1S/C19H22N2O2/c22-19(18-7-4-10-20-13-18)21-11-8-17(9-12-21)15-23-14-16-5-2-1-3-6-16/h1-7,10,13,17H,8-9,11-12,14-15H2. The van der Waals surface area contributed by atoms with E-state index in [-0.39, 0.29) is 5.91 Å². The van der Waals surface area contributed by atoms with E-state index >= 15 is 0 Å². The maximum absolute atomic E-state index is 12.4. The number of piperidine rings is 1. The van der Waals surface area contributed by atoms with Crippen LogP contribution in [-0.4, -0.2) is 35.5 Å². The van der Waals surface area contributed by atoms with Crippen LogP contribution in [0.15, 0.2) is 54.9 Å². The predicted octanol–water partition coefficient (Wildman–Crippen LogP) is 3.15. The molecule has 1 aliphatic rings. The van der Waals surface area contributed by atoms with Gasteiger partial charge in [-0.1, -0.05) is 30.3 Å². The highest BCUT2D eigenvalue weighted by atomic mass is 16.5. The van der Waals surface area contributed by atoms with Crippen molar-refractivity contribution < 1.29 is 9.53 Å². The minimum atomic E-state index is 0.0850. The van der Waals surface area contributed by atoms with Crippen LogP contribution in [0.5, 0.6) is 0 Å². The van der Waals surface area contributed by atoms with E-state index in [1.165, 1.54) is 5.56 Å². The minimum Gasteiger partial charge on any atom is -0.376 e. The number of carbonyl (C=O) groups is 1. The molecule has 120 valence electrons. The molecule has 1 amide bonds. The zero-order chi connectivity index (χ0) is 15.9. The van der Waals surface area contributed by atoms with Crippen LogP contribution in [0.3, 0.4) is 0 Å². The summed E-state index contributed by atoms with van der Waals surface area (Å²) in [5.41, 5.74) is 1.88. The molecule has 0 saturated carbocycles. The second-order valence-corrected chi connectivity index (χ2v) is 5.98. The summed E-state index contributed by atoms with van der Waals surface area (Å²) in [6.45, 7) is 3.03. The van der Waals surface area contributed by atoms with Crippen LogP contribution in [0.4, 0.5) is 0 Å². The van der Waals surface area contributed by atoms with Crippen molar-refractivity contribution in [3.05, 3.63) is 66.0 Å². The van der Waals surface area contributed by atoms with Gasteiger partial charge in [-0.05, 0) is 36.5 Å². The fourth-order valence-electron chi connectivity index (χ4n) is 2.89. The topological polar surface area (TPSA) is 42.4 Å². The van der Waals surface area contributed by atoms with Gasteiger partial charge in [-0.15, -0.1) is 0 Å². The highest BCUT2D eigenvalue weighted by Gasteiger charge is 2.23. The zero-order valence-electron chi connectivity index (χ0n) is 13.2. The molecular weight excluding hydrogens is 288 g/mol. The number of amides is 1. The first-order chi connectivity index (χ1) is 11.3. The molecule has 0 bridgehead atoms. The molecule has 4 heteroatoms. The number of rotatable bonds is 5. The molecule has 3 rings (SSSR count). The summed E-state index contributed by atoms with van der Waals surface area (Å²) in [7, 11) is 0. The molecule has 1 aliphatic heterocycles. The molecule has 0 radical (unpaired) electrons. The number of benzene rings is 1.